The molecular formula is C17H19ClN2O. The third-order valence-electron chi connectivity index (χ3n) is 5.19. The predicted octanol–water partition coefficient (Wildman–Crippen LogP) is 3.56. The third-order valence-corrected chi connectivity index (χ3v) is 5.55. The quantitative estimate of drug-likeness (QED) is 0.803. The number of alkyl halides is 1. The first-order chi connectivity index (χ1) is 10.1. The van der Waals surface area contributed by atoms with E-state index in [4.69, 9.17) is 11.6 Å². The lowest BCUT2D eigenvalue weighted by molar-refractivity contribution is -0.146. The average molecular weight is 303 g/mol. The van der Waals surface area contributed by atoms with E-state index in [2.05, 4.69) is 41.1 Å². The van der Waals surface area contributed by atoms with Crippen molar-refractivity contribution in [2.45, 2.75) is 44.2 Å². The zero-order chi connectivity index (χ0) is 14.6. The van der Waals surface area contributed by atoms with Crippen molar-refractivity contribution in [3.05, 3.63) is 35.5 Å². The summed E-state index contributed by atoms with van der Waals surface area (Å²) in [6, 6.07) is 8.51. The lowest BCUT2D eigenvalue weighted by Crippen LogP contribution is -2.59. The molecule has 3 heterocycles. The van der Waals surface area contributed by atoms with Crippen molar-refractivity contribution in [2.24, 2.45) is 0 Å². The molecule has 21 heavy (non-hydrogen) atoms. The van der Waals surface area contributed by atoms with E-state index in [0.717, 1.165) is 24.8 Å². The van der Waals surface area contributed by atoms with Gasteiger partial charge in [-0.15, -0.1) is 11.6 Å². The van der Waals surface area contributed by atoms with Crippen LogP contribution in [-0.4, -0.2) is 27.7 Å². The van der Waals surface area contributed by atoms with E-state index >= 15 is 0 Å². The van der Waals surface area contributed by atoms with Gasteiger partial charge in [0.25, 0.3) is 0 Å². The molecule has 0 saturated carbocycles. The molecule has 1 saturated heterocycles. The van der Waals surface area contributed by atoms with Crippen LogP contribution in [-0.2, 0) is 16.8 Å². The van der Waals surface area contributed by atoms with Crippen LogP contribution in [0.5, 0.6) is 0 Å². The number of halogens is 1. The number of amides is 1. The van der Waals surface area contributed by atoms with Gasteiger partial charge in [-0.3, -0.25) is 4.79 Å². The molecule has 1 aromatic heterocycles. The number of para-hydroxylation sites is 1. The Morgan fingerprint density at radius 1 is 1.43 bits per heavy atom. The zero-order valence-corrected chi connectivity index (χ0v) is 12.9. The average Bonchev–Trinajstić information content (AvgIpc) is 2.86. The largest absolute Gasteiger partial charge is 0.356 e. The lowest BCUT2D eigenvalue weighted by Gasteiger charge is -2.51. The Bertz CT molecular complexity index is 723. The summed E-state index contributed by atoms with van der Waals surface area (Å²) in [5.41, 5.74) is 3.50. The molecule has 4 rings (SSSR count). The number of piperidine rings is 1. The number of benzene rings is 1. The minimum Gasteiger partial charge on any atom is -0.356 e. The van der Waals surface area contributed by atoms with Gasteiger partial charge in [0.05, 0.1) is 11.6 Å². The van der Waals surface area contributed by atoms with Crippen molar-refractivity contribution < 1.29 is 4.79 Å². The molecule has 1 aromatic carbocycles. The third kappa shape index (κ3) is 1.70. The van der Waals surface area contributed by atoms with Crippen molar-refractivity contribution in [3.8, 4) is 0 Å². The molecule has 4 heteroatoms. The highest BCUT2D eigenvalue weighted by molar-refractivity contribution is 6.18. The van der Waals surface area contributed by atoms with Crippen molar-refractivity contribution in [3.63, 3.8) is 0 Å². The molecule has 110 valence electrons. The van der Waals surface area contributed by atoms with Gasteiger partial charge in [-0.05, 0) is 37.8 Å². The maximum atomic E-state index is 12.5. The molecule has 0 unspecified atom stereocenters. The van der Waals surface area contributed by atoms with Crippen LogP contribution in [0.15, 0.2) is 24.3 Å². The van der Waals surface area contributed by atoms with Gasteiger partial charge in [0.1, 0.15) is 0 Å². The number of aromatic amines is 1. The molecule has 1 amide bonds. The van der Waals surface area contributed by atoms with Crippen LogP contribution >= 0.6 is 11.6 Å². The number of H-pyrrole nitrogens is 1. The second-order valence-corrected chi connectivity index (χ2v) is 6.74. The predicted molar refractivity (Wildman–Crippen MR) is 84.6 cm³/mol. The molecule has 3 nitrogen and oxygen atoms in total. The van der Waals surface area contributed by atoms with Gasteiger partial charge in [-0.1, -0.05) is 18.2 Å². The number of nitrogens with one attached hydrogen (secondary N) is 1. The number of hydrogen-bond acceptors (Lipinski definition) is 1. The summed E-state index contributed by atoms with van der Waals surface area (Å²) >= 11 is 6.21. The standard InChI is InChI=1S/C17H19ClN2O/c1-17-8-4-7-15(21)20(17)11(10-18)9-13-12-5-2-3-6-14(12)19-16(13)17/h2-3,5-6,11,19H,4,7-10H2,1H3/t11-,17+/m0/s1. The molecular weight excluding hydrogens is 284 g/mol. The minimum absolute atomic E-state index is 0.108. The van der Waals surface area contributed by atoms with E-state index < -0.39 is 0 Å². The van der Waals surface area contributed by atoms with Crippen LogP contribution in [0.25, 0.3) is 10.9 Å². The maximum Gasteiger partial charge on any atom is 0.223 e. The lowest BCUT2D eigenvalue weighted by atomic mass is 9.77. The van der Waals surface area contributed by atoms with E-state index in [9.17, 15) is 4.79 Å². The van der Waals surface area contributed by atoms with Gasteiger partial charge in [0.15, 0.2) is 0 Å². The van der Waals surface area contributed by atoms with Gasteiger partial charge >= 0.3 is 0 Å². The molecule has 1 fully saturated rings. The van der Waals surface area contributed by atoms with Crippen LogP contribution in [0.2, 0.25) is 0 Å². The Hall–Kier alpha value is -1.48. The van der Waals surface area contributed by atoms with Crippen molar-refractivity contribution in [2.75, 3.05) is 5.88 Å². The molecule has 2 aliphatic rings. The summed E-state index contributed by atoms with van der Waals surface area (Å²) in [6.07, 6.45) is 3.46. The summed E-state index contributed by atoms with van der Waals surface area (Å²) in [6.45, 7) is 2.19. The summed E-state index contributed by atoms with van der Waals surface area (Å²) < 4.78 is 0. The first-order valence-electron chi connectivity index (χ1n) is 7.63. The van der Waals surface area contributed by atoms with E-state index in [1.807, 2.05) is 0 Å². The SMILES string of the molecule is C[C@]12CCCC(=O)N1[C@H](CCl)Cc1c2[nH]c2ccccc12. The van der Waals surface area contributed by atoms with Gasteiger partial charge in [0.2, 0.25) is 5.91 Å². The second kappa shape index (κ2) is 4.51. The smallest absolute Gasteiger partial charge is 0.223 e. The van der Waals surface area contributed by atoms with Gasteiger partial charge in [-0.25, -0.2) is 0 Å². The Morgan fingerprint density at radius 2 is 2.24 bits per heavy atom. The number of aromatic nitrogens is 1. The zero-order valence-electron chi connectivity index (χ0n) is 12.2. The fourth-order valence-electron chi connectivity index (χ4n) is 4.27. The topological polar surface area (TPSA) is 36.1 Å². The number of fused-ring (bicyclic) bond motifs is 5. The highest BCUT2D eigenvalue weighted by Crippen LogP contribution is 2.46. The Labute approximate surface area is 129 Å². The van der Waals surface area contributed by atoms with E-state index in [1.54, 1.807) is 0 Å². The first-order valence-corrected chi connectivity index (χ1v) is 8.17. The first kappa shape index (κ1) is 13.2. The monoisotopic (exact) mass is 302 g/mol. The Morgan fingerprint density at radius 3 is 3.05 bits per heavy atom. The fourth-order valence-corrected chi connectivity index (χ4v) is 4.52. The molecule has 2 aromatic rings. The number of carbonyl (C=O) groups excluding carboxylic acids is 1. The van der Waals surface area contributed by atoms with Crippen LogP contribution in [0.3, 0.4) is 0 Å². The van der Waals surface area contributed by atoms with Crippen LogP contribution in [0.1, 0.15) is 37.4 Å². The van der Waals surface area contributed by atoms with Crippen LogP contribution in [0.4, 0.5) is 0 Å². The fraction of sp³-hybridized carbons (Fsp3) is 0.471. The number of carbonyl (C=O) groups is 1. The molecule has 2 aliphatic heterocycles. The molecule has 1 N–H and O–H groups in total. The number of hydrogen-bond donors (Lipinski definition) is 1. The maximum absolute atomic E-state index is 12.5. The van der Waals surface area contributed by atoms with E-state index in [1.165, 1.54) is 16.6 Å². The number of rotatable bonds is 1. The van der Waals surface area contributed by atoms with Crippen molar-refractivity contribution >= 4 is 28.4 Å². The van der Waals surface area contributed by atoms with Crippen molar-refractivity contribution in [1.82, 2.24) is 9.88 Å². The molecule has 0 radical (unpaired) electrons. The Balaban J connectivity index is 1.97. The van der Waals surface area contributed by atoms with Crippen LogP contribution < -0.4 is 0 Å². The minimum atomic E-state index is -0.235. The highest BCUT2D eigenvalue weighted by atomic mass is 35.5. The highest BCUT2D eigenvalue weighted by Gasteiger charge is 2.48. The molecule has 0 spiro atoms. The van der Waals surface area contributed by atoms with Gasteiger partial charge < -0.3 is 9.88 Å². The Kier molecular flexibility index (Phi) is 2.83. The normalized spacial score (nSPS) is 28.6. The summed E-state index contributed by atoms with van der Waals surface area (Å²) in [4.78, 5) is 18.1. The summed E-state index contributed by atoms with van der Waals surface area (Å²) in [7, 11) is 0. The van der Waals surface area contributed by atoms with Gasteiger partial charge in [0, 0.05) is 28.9 Å². The molecule has 0 bridgehead atoms. The second-order valence-electron chi connectivity index (χ2n) is 6.43. The summed E-state index contributed by atoms with van der Waals surface area (Å²) in [5.74, 6) is 0.749. The summed E-state index contributed by atoms with van der Waals surface area (Å²) in [5, 5.41) is 1.28. The van der Waals surface area contributed by atoms with Crippen molar-refractivity contribution in [1.29, 1.82) is 0 Å². The van der Waals surface area contributed by atoms with E-state index in [0.29, 0.717) is 12.3 Å². The molecule has 0 aliphatic carbocycles. The van der Waals surface area contributed by atoms with Gasteiger partial charge in [-0.2, -0.15) is 0 Å². The number of nitrogens with zero attached hydrogens (tertiary/aromatic N) is 1. The van der Waals surface area contributed by atoms with E-state index in [-0.39, 0.29) is 17.5 Å². The molecule has 2 atom stereocenters. The van der Waals surface area contributed by atoms with Crippen LogP contribution in [0, 0.1) is 0 Å².